The third kappa shape index (κ3) is 9.62. The van der Waals surface area contributed by atoms with E-state index in [9.17, 15) is 4.79 Å². The number of methoxy groups -OCH3 is 1. The summed E-state index contributed by atoms with van der Waals surface area (Å²) >= 11 is 0. The second-order valence-corrected chi connectivity index (χ2v) is 5.97. The first-order chi connectivity index (χ1) is 11.6. The highest BCUT2D eigenvalue weighted by molar-refractivity contribution is 5.82. The van der Waals surface area contributed by atoms with Crippen LogP contribution in [0.25, 0.3) is 0 Å². The van der Waals surface area contributed by atoms with Crippen molar-refractivity contribution in [3.8, 4) is 0 Å². The predicted molar refractivity (Wildman–Crippen MR) is 102 cm³/mol. The van der Waals surface area contributed by atoms with Gasteiger partial charge in [-0.1, -0.05) is 72.4 Å². The van der Waals surface area contributed by atoms with Crippen LogP contribution in [0.5, 0.6) is 0 Å². The van der Waals surface area contributed by atoms with Gasteiger partial charge in [-0.3, -0.25) is 0 Å². The molecule has 0 N–H and O–H groups in total. The molecule has 0 heterocycles. The number of carbonyl (C=O) groups is 1. The molecule has 0 aliphatic rings. The van der Waals surface area contributed by atoms with E-state index < -0.39 is 0 Å². The molecule has 0 aliphatic heterocycles. The van der Waals surface area contributed by atoms with Gasteiger partial charge in [-0.15, -0.1) is 0 Å². The molecule has 0 bridgehead atoms. The molecule has 0 radical (unpaired) electrons. The Morgan fingerprint density at radius 3 is 2.54 bits per heavy atom. The Morgan fingerprint density at radius 2 is 1.88 bits per heavy atom. The van der Waals surface area contributed by atoms with Crippen LogP contribution in [0.4, 0.5) is 0 Å². The van der Waals surface area contributed by atoms with Gasteiger partial charge in [0, 0.05) is 6.08 Å². The van der Waals surface area contributed by atoms with Crippen molar-refractivity contribution >= 4 is 5.97 Å². The third-order valence-electron chi connectivity index (χ3n) is 3.54. The second kappa shape index (κ2) is 12.1. The molecule has 0 saturated heterocycles. The molecule has 128 valence electrons. The first kappa shape index (κ1) is 19.7. The number of benzene rings is 1. The van der Waals surface area contributed by atoms with Crippen LogP contribution < -0.4 is 0 Å². The Morgan fingerprint density at radius 1 is 1.12 bits per heavy atom. The van der Waals surface area contributed by atoms with Crippen molar-refractivity contribution in [1.29, 1.82) is 0 Å². The molecule has 0 spiro atoms. The van der Waals surface area contributed by atoms with Gasteiger partial charge in [-0.25, -0.2) is 4.79 Å². The van der Waals surface area contributed by atoms with Gasteiger partial charge in [0.1, 0.15) is 0 Å². The maximum Gasteiger partial charge on any atom is 0.330 e. The van der Waals surface area contributed by atoms with Gasteiger partial charge in [-0.05, 0) is 44.6 Å². The number of hydrogen-bond acceptors (Lipinski definition) is 2. The summed E-state index contributed by atoms with van der Waals surface area (Å²) in [6, 6.07) is 10.6. The van der Waals surface area contributed by atoms with Gasteiger partial charge < -0.3 is 4.74 Å². The molecular weight excluding hydrogens is 296 g/mol. The molecule has 1 rings (SSSR count). The van der Waals surface area contributed by atoms with Crippen molar-refractivity contribution < 1.29 is 9.53 Å². The Bertz CT molecular complexity index is 588. The highest BCUT2D eigenvalue weighted by atomic mass is 16.5. The van der Waals surface area contributed by atoms with Crippen LogP contribution in [0, 0.1) is 5.92 Å². The topological polar surface area (TPSA) is 26.3 Å². The van der Waals surface area contributed by atoms with E-state index in [0.717, 1.165) is 19.3 Å². The SMILES string of the molecule is COC(=O)/C=C/C=C/CCC(/C=C/C=C(C)C)Cc1ccccc1. The molecule has 24 heavy (non-hydrogen) atoms. The van der Waals surface area contributed by atoms with Gasteiger partial charge in [0.05, 0.1) is 7.11 Å². The Kier molecular flexibility index (Phi) is 9.95. The second-order valence-electron chi connectivity index (χ2n) is 5.97. The van der Waals surface area contributed by atoms with E-state index in [1.165, 1.54) is 24.3 Å². The van der Waals surface area contributed by atoms with E-state index in [2.05, 4.69) is 67.2 Å². The monoisotopic (exact) mass is 324 g/mol. The van der Waals surface area contributed by atoms with Gasteiger partial charge in [0.2, 0.25) is 0 Å². The van der Waals surface area contributed by atoms with Crippen LogP contribution in [-0.4, -0.2) is 13.1 Å². The smallest absolute Gasteiger partial charge is 0.330 e. The van der Waals surface area contributed by atoms with E-state index in [1.54, 1.807) is 6.08 Å². The summed E-state index contributed by atoms with van der Waals surface area (Å²) in [7, 11) is 1.38. The molecule has 2 nitrogen and oxygen atoms in total. The zero-order valence-electron chi connectivity index (χ0n) is 14.9. The molecule has 1 aromatic carbocycles. The largest absolute Gasteiger partial charge is 0.466 e. The average molecular weight is 324 g/mol. The number of rotatable bonds is 9. The minimum atomic E-state index is -0.328. The Balaban J connectivity index is 2.56. The van der Waals surface area contributed by atoms with Gasteiger partial charge in [0.25, 0.3) is 0 Å². The van der Waals surface area contributed by atoms with Crippen LogP contribution in [0.1, 0.15) is 32.3 Å². The minimum absolute atomic E-state index is 0.328. The molecule has 0 saturated carbocycles. The predicted octanol–water partition coefficient (Wildman–Crippen LogP) is 5.43. The van der Waals surface area contributed by atoms with Crippen molar-refractivity contribution in [2.24, 2.45) is 5.92 Å². The molecule has 0 aromatic heterocycles. The fourth-order valence-electron chi connectivity index (χ4n) is 2.28. The lowest BCUT2D eigenvalue weighted by atomic mass is 9.94. The zero-order valence-corrected chi connectivity index (χ0v) is 14.9. The molecule has 0 amide bonds. The van der Waals surface area contributed by atoms with Crippen LogP contribution in [-0.2, 0) is 16.0 Å². The summed E-state index contributed by atoms with van der Waals surface area (Å²) in [5, 5.41) is 0. The fourth-order valence-corrected chi connectivity index (χ4v) is 2.28. The molecular formula is C22H28O2. The van der Waals surface area contributed by atoms with Crippen molar-refractivity contribution in [1.82, 2.24) is 0 Å². The number of hydrogen-bond donors (Lipinski definition) is 0. The summed E-state index contributed by atoms with van der Waals surface area (Å²) in [5.41, 5.74) is 2.66. The first-order valence-corrected chi connectivity index (χ1v) is 8.38. The van der Waals surface area contributed by atoms with Crippen LogP contribution in [0.3, 0.4) is 0 Å². The Hall–Kier alpha value is -2.35. The first-order valence-electron chi connectivity index (χ1n) is 8.38. The quantitative estimate of drug-likeness (QED) is 0.344. The lowest BCUT2D eigenvalue weighted by Crippen LogP contribution is -2.01. The summed E-state index contributed by atoms with van der Waals surface area (Å²) in [4.78, 5) is 11.0. The van der Waals surface area contributed by atoms with Crippen molar-refractivity contribution in [3.63, 3.8) is 0 Å². The molecule has 0 aliphatic carbocycles. The van der Waals surface area contributed by atoms with E-state index in [4.69, 9.17) is 0 Å². The zero-order chi connectivity index (χ0) is 17.6. The molecule has 2 heteroatoms. The molecule has 1 atom stereocenters. The maximum atomic E-state index is 11.0. The fraction of sp³-hybridized carbons (Fsp3) is 0.318. The van der Waals surface area contributed by atoms with E-state index in [0.29, 0.717) is 5.92 Å². The number of ether oxygens (including phenoxy) is 1. The molecule has 1 aromatic rings. The van der Waals surface area contributed by atoms with Gasteiger partial charge in [-0.2, -0.15) is 0 Å². The Labute approximate surface area is 146 Å². The van der Waals surface area contributed by atoms with E-state index in [1.807, 2.05) is 12.1 Å². The van der Waals surface area contributed by atoms with Crippen LogP contribution in [0.15, 0.2) is 78.4 Å². The van der Waals surface area contributed by atoms with Crippen molar-refractivity contribution in [2.75, 3.05) is 7.11 Å². The highest BCUT2D eigenvalue weighted by Gasteiger charge is 2.05. The number of allylic oxidation sites excluding steroid dienone is 7. The van der Waals surface area contributed by atoms with Crippen LogP contribution >= 0.6 is 0 Å². The normalized spacial score (nSPS) is 12.8. The van der Waals surface area contributed by atoms with Crippen molar-refractivity contribution in [3.05, 3.63) is 84.0 Å². The highest BCUT2D eigenvalue weighted by Crippen LogP contribution is 2.16. The number of esters is 1. The lowest BCUT2D eigenvalue weighted by Gasteiger charge is -2.11. The minimum Gasteiger partial charge on any atom is -0.466 e. The van der Waals surface area contributed by atoms with E-state index in [-0.39, 0.29) is 5.97 Å². The molecule has 0 fully saturated rings. The molecule has 1 unspecified atom stereocenters. The van der Waals surface area contributed by atoms with Crippen LogP contribution in [0.2, 0.25) is 0 Å². The van der Waals surface area contributed by atoms with Crippen molar-refractivity contribution in [2.45, 2.75) is 33.1 Å². The van der Waals surface area contributed by atoms with Gasteiger partial charge >= 0.3 is 5.97 Å². The average Bonchev–Trinajstić information content (AvgIpc) is 2.58. The number of carbonyl (C=O) groups excluding carboxylic acids is 1. The third-order valence-corrected chi connectivity index (χ3v) is 3.54. The standard InChI is InChI=1S/C22H28O2/c1-19(2)12-11-16-21(18-20-14-8-6-9-15-20)13-7-4-5-10-17-22(23)24-3/h4-6,8-12,14-17,21H,7,13,18H2,1-3H3/b5-4+,16-11+,17-10+. The van der Waals surface area contributed by atoms with E-state index >= 15 is 0 Å². The maximum absolute atomic E-state index is 11.0. The summed E-state index contributed by atoms with van der Waals surface area (Å²) < 4.78 is 4.55. The summed E-state index contributed by atoms with van der Waals surface area (Å²) in [6.45, 7) is 4.21. The lowest BCUT2D eigenvalue weighted by molar-refractivity contribution is -0.134. The summed E-state index contributed by atoms with van der Waals surface area (Å²) in [5.74, 6) is 0.170. The summed E-state index contributed by atoms with van der Waals surface area (Å²) in [6.07, 6.45) is 16.8. The van der Waals surface area contributed by atoms with Gasteiger partial charge in [0.15, 0.2) is 0 Å².